The Hall–Kier alpha value is -8.88. The van der Waals surface area contributed by atoms with Crippen LogP contribution < -0.4 is 21.1 Å². The number of nitrogens with two attached hydrogens (primary N) is 1. The van der Waals surface area contributed by atoms with Crippen molar-refractivity contribution in [2.45, 2.75) is 232 Å². The molecule has 37 heteroatoms. The Labute approximate surface area is 554 Å². The van der Waals surface area contributed by atoms with E-state index in [1.165, 1.54) is 31.2 Å². The lowest BCUT2D eigenvalue weighted by atomic mass is 9.87. The average molecular weight is 1390 g/mol. The number of ether oxygens (including phenoxy) is 20. The molecule has 97 heavy (non-hydrogen) atoms. The molecule has 1 aromatic carbocycles. The molecule has 4 heterocycles. The fraction of sp³-hybridized carbons (Fsp3) is 0.667. The van der Waals surface area contributed by atoms with Gasteiger partial charge < -0.3 is 111 Å². The van der Waals surface area contributed by atoms with E-state index < -0.39 is 238 Å². The lowest BCUT2D eigenvalue weighted by Gasteiger charge is -2.53. The summed E-state index contributed by atoms with van der Waals surface area (Å²) < 4.78 is 120. The summed E-state index contributed by atoms with van der Waals surface area (Å²) in [6.45, 7) is 11.0. The Kier molecular flexibility index (Phi) is 28.8. The smallest absolute Gasteiger partial charge is 0.366 e. The van der Waals surface area contributed by atoms with E-state index in [2.05, 4.69) is 10.6 Å². The largest absolute Gasteiger partial charge is 0.465 e. The van der Waals surface area contributed by atoms with Gasteiger partial charge in [-0.05, 0) is 31.2 Å². The van der Waals surface area contributed by atoms with Crippen LogP contribution in [0.3, 0.4) is 0 Å². The third kappa shape index (κ3) is 22.6. The summed E-state index contributed by atoms with van der Waals surface area (Å²) in [5, 5.41) is 5.17. The summed E-state index contributed by atoms with van der Waals surface area (Å²) in [5.74, 6) is -18.2. The summed E-state index contributed by atoms with van der Waals surface area (Å²) in [5.41, 5.74) is 6.27. The van der Waals surface area contributed by atoms with Gasteiger partial charge in [-0.25, -0.2) is 4.79 Å². The van der Waals surface area contributed by atoms with Gasteiger partial charge in [-0.3, -0.25) is 62.3 Å². The fourth-order valence-electron chi connectivity index (χ4n) is 11.0. The van der Waals surface area contributed by atoms with Crippen molar-refractivity contribution in [3.8, 4) is 5.75 Å². The second kappa shape index (κ2) is 35.4. The van der Waals surface area contributed by atoms with E-state index >= 15 is 4.79 Å². The number of carbonyl (C=O) groups excluding carboxylic acids is 14. The number of carbonyl (C=O) groups is 14. The second-order valence-electron chi connectivity index (χ2n) is 22.4. The van der Waals surface area contributed by atoms with Crippen LogP contribution in [0.5, 0.6) is 5.75 Å². The Balaban J connectivity index is 1.90. The topological polar surface area (TPSA) is 474 Å². The van der Waals surface area contributed by atoms with Crippen LogP contribution in [0.25, 0.3) is 0 Å². The van der Waals surface area contributed by atoms with Crippen molar-refractivity contribution in [2.75, 3.05) is 32.7 Å². The summed E-state index contributed by atoms with van der Waals surface area (Å²) in [6.07, 6.45) is -36.6. The number of benzene rings is 1. The van der Waals surface area contributed by atoms with Gasteiger partial charge in [-0.1, -0.05) is 0 Å². The fourth-order valence-corrected chi connectivity index (χ4v) is 11.0. The molecule has 0 spiro atoms. The van der Waals surface area contributed by atoms with Crippen molar-refractivity contribution >= 4 is 89.1 Å². The molecule has 4 N–H and O–H groups in total. The summed E-state index contributed by atoms with van der Waals surface area (Å²) in [7, 11) is 0.806. The normalized spacial score (nSPS) is 30.4. The molecule has 19 unspecified atom stereocenters. The van der Waals surface area contributed by atoms with Crippen LogP contribution in [-0.4, -0.2) is 239 Å². The number of nitrogens with one attached hydrogen (secondary N) is 2. The van der Waals surface area contributed by atoms with Crippen LogP contribution in [0.15, 0.2) is 24.3 Å². The molecule has 1 aromatic rings. The van der Waals surface area contributed by atoms with E-state index in [1.54, 1.807) is 0 Å². The molecular weight excluding hydrogens is 1310 g/mol. The molecule has 0 radical (unpaired) electrons. The van der Waals surface area contributed by atoms with Gasteiger partial charge in [0.25, 0.3) is 5.79 Å². The van der Waals surface area contributed by atoms with Gasteiger partial charge in [0.1, 0.15) is 74.3 Å². The van der Waals surface area contributed by atoms with Gasteiger partial charge in [-0.2, -0.15) is 0 Å². The molecule has 4 aliphatic heterocycles. The van der Waals surface area contributed by atoms with Crippen LogP contribution in [-0.2, 0) is 157 Å². The number of esters is 12. The molecule has 4 fully saturated rings. The minimum atomic E-state index is -3.26. The van der Waals surface area contributed by atoms with Crippen molar-refractivity contribution < 1.29 is 162 Å². The first-order chi connectivity index (χ1) is 45.4. The van der Waals surface area contributed by atoms with E-state index in [-0.39, 0.29) is 11.4 Å². The number of methoxy groups -OCH3 is 1. The van der Waals surface area contributed by atoms with Crippen molar-refractivity contribution in [2.24, 2.45) is 0 Å². The molecule has 0 aromatic heterocycles. The molecule has 2 amide bonds. The van der Waals surface area contributed by atoms with Gasteiger partial charge in [0, 0.05) is 95.7 Å². The molecule has 37 nitrogen and oxygen atoms in total. The van der Waals surface area contributed by atoms with Crippen molar-refractivity contribution in [3.63, 3.8) is 0 Å². The number of nitrogen functional groups attached to an aromatic ring is 1. The molecule has 0 bridgehead atoms. The summed E-state index contributed by atoms with van der Waals surface area (Å²) in [4.78, 5) is 185. The van der Waals surface area contributed by atoms with Crippen LogP contribution >= 0.6 is 0 Å². The molecule has 0 aliphatic carbocycles. The van der Waals surface area contributed by atoms with E-state index in [4.69, 9.17) is 100 Å². The maximum Gasteiger partial charge on any atom is 0.366 e. The molecule has 5 rings (SSSR count). The highest BCUT2D eigenvalue weighted by atomic mass is 16.8. The Morgan fingerprint density at radius 3 is 1.44 bits per heavy atom. The van der Waals surface area contributed by atoms with Gasteiger partial charge in [-0.15, -0.1) is 0 Å². The predicted molar refractivity (Wildman–Crippen MR) is 312 cm³/mol. The number of hydrogen-bond acceptors (Lipinski definition) is 35. The number of amides is 2. The van der Waals surface area contributed by atoms with Crippen LogP contribution in [0, 0.1) is 0 Å². The van der Waals surface area contributed by atoms with Crippen LogP contribution in [0.1, 0.15) is 103 Å². The zero-order valence-corrected chi connectivity index (χ0v) is 55.6. The Morgan fingerprint density at radius 1 is 0.495 bits per heavy atom. The van der Waals surface area contributed by atoms with Gasteiger partial charge in [0.2, 0.25) is 18.1 Å². The third-order valence-corrected chi connectivity index (χ3v) is 14.3. The first-order valence-electron chi connectivity index (χ1n) is 30.0. The molecule has 540 valence electrons. The maximum absolute atomic E-state index is 15.1. The lowest BCUT2D eigenvalue weighted by molar-refractivity contribution is -0.389. The van der Waals surface area contributed by atoms with Crippen molar-refractivity contribution in [1.82, 2.24) is 10.6 Å². The minimum absolute atomic E-state index is 0.0187. The highest BCUT2D eigenvalue weighted by molar-refractivity contribution is 5.79. The van der Waals surface area contributed by atoms with E-state index in [0.717, 1.165) is 97.1 Å². The average Bonchev–Trinajstić information content (AvgIpc) is 0.742. The van der Waals surface area contributed by atoms with Gasteiger partial charge in [0.15, 0.2) is 55.3 Å². The Bertz CT molecular complexity index is 3040. The van der Waals surface area contributed by atoms with E-state index in [0.29, 0.717) is 0 Å². The summed E-state index contributed by atoms with van der Waals surface area (Å²) >= 11 is 0. The quantitative estimate of drug-likeness (QED) is 0.0529. The molecule has 4 saturated heterocycles. The molecule has 21 atom stereocenters. The first-order valence-corrected chi connectivity index (χ1v) is 30.0. The number of hydrogen-bond donors (Lipinski definition) is 3. The first kappa shape index (κ1) is 78.8. The SMILES string of the molecule is COC(=O)C1(OC2C(OC(C)=O)C(COC(C)=O)OC(OC3C(COC(C)=O)OC(Oc4ccc(N)cc4)C(NC(C)=O)C3OC3OC(C)C(OC(C)=O)C(OC(C)=O)C3OC(C)=O)C2OC(C)=O)CC(OC(C)=O)C(NC(C)=O)C([C@H](OC(C)=O)[C@@H](COC(C)=O)OC(C)=O)O1. The zero-order chi connectivity index (χ0) is 72.5. The van der Waals surface area contributed by atoms with Gasteiger partial charge in [0.05, 0.1) is 25.7 Å². The summed E-state index contributed by atoms with van der Waals surface area (Å²) in [6, 6.07) is 2.13. The highest BCUT2D eigenvalue weighted by Crippen LogP contribution is 2.43. The molecular formula is C60H81N3O34. The third-order valence-electron chi connectivity index (χ3n) is 14.3. The van der Waals surface area contributed by atoms with Crippen LogP contribution in [0.2, 0.25) is 0 Å². The second-order valence-corrected chi connectivity index (χ2v) is 22.4. The van der Waals surface area contributed by atoms with Gasteiger partial charge >= 0.3 is 71.6 Å². The van der Waals surface area contributed by atoms with E-state index in [9.17, 15) is 62.3 Å². The number of anilines is 1. The van der Waals surface area contributed by atoms with E-state index in [1.807, 2.05) is 0 Å². The molecule has 4 aliphatic rings. The highest BCUT2D eigenvalue weighted by Gasteiger charge is 2.65. The standard InChI is InChI=1S/C60H81N3O34/c1-24-46(85-32(9)71)52(88-35(12)74)54(89-36(13)75)57(82-24)95-50-45(63-26(3)65)56(91-39-18-16-38(61)17-19-39)92-42(22-80-28(5)67)47(50)94-58-55(90-37(14)76)53(49(87-34(11)73)43(93-58)23-81-29(6)68)97-60(59(77)78-15)20-40(83-30(7)69)44(62-25(2)64)51(96-60)48(86-33(10)72)41(84-31(8)70)21-79-27(4)66/h16-19,24,40-58H,20-23,61H2,1-15H3,(H,62,64)(H,63,65)/t24?,40?,41-,42?,43?,44?,45?,46?,47?,48-,49?,50?,51?,52?,53?,54?,55?,56?,57?,58?,60?/m1/s1. The number of rotatable bonds is 27. The molecule has 0 saturated carbocycles. The zero-order valence-electron chi connectivity index (χ0n) is 55.6. The Morgan fingerprint density at radius 2 is 0.948 bits per heavy atom. The maximum atomic E-state index is 15.1. The van der Waals surface area contributed by atoms with Crippen molar-refractivity contribution in [3.05, 3.63) is 24.3 Å². The predicted octanol–water partition coefficient (Wildman–Crippen LogP) is -1.19. The van der Waals surface area contributed by atoms with Crippen molar-refractivity contribution in [1.29, 1.82) is 0 Å². The minimum Gasteiger partial charge on any atom is -0.465 e. The lowest BCUT2D eigenvalue weighted by Crippen LogP contribution is -2.73. The van der Waals surface area contributed by atoms with Crippen LogP contribution in [0.4, 0.5) is 5.69 Å². The monoisotopic (exact) mass is 1390 g/mol.